The molecule has 0 nitrogen and oxygen atoms in total. The van der Waals surface area contributed by atoms with Crippen molar-refractivity contribution in [1.29, 1.82) is 0 Å². The number of thioether (sulfide) groups is 4. The van der Waals surface area contributed by atoms with Gasteiger partial charge in [-0.25, -0.2) is 0 Å². The van der Waals surface area contributed by atoms with Gasteiger partial charge in [0.2, 0.25) is 0 Å². The second-order valence-electron chi connectivity index (χ2n) is 4.57. The van der Waals surface area contributed by atoms with Crippen LogP contribution in [0, 0.1) is 0 Å². The van der Waals surface area contributed by atoms with Gasteiger partial charge >= 0.3 is 122 Å². The first-order chi connectivity index (χ1) is 10.8. The molecule has 0 aromatic rings. The number of hydrogen-bond donors (Lipinski definition) is 0. The van der Waals surface area contributed by atoms with Crippen molar-refractivity contribution >= 4 is 58.6 Å². The number of rotatable bonds is 15. The average Bonchev–Trinajstić information content (AvgIpc) is 2.53. The summed E-state index contributed by atoms with van der Waals surface area (Å²) < 4.78 is 0. The van der Waals surface area contributed by atoms with Crippen molar-refractivity contribution in [2.24, 2.45) is 0 Å². The standard InChI is InChI=1S/C4H9ClS.3C4H9S.Ir/c1-6-4-2-3-5;3*1-3-4-5-2;/h2-4H2,1H3;3*1,3-4H2,2H3;. The van der Waals surface area contributed by atoms with E-state index >= 15 is 0 Å². The molecule has 0 aliphatic rings. The van der Waals surface area contributed by atoms with E-state index in [2.05, 4.69) is 25.0 Å². The van der Waals surface area contributed by atoms with E-state index in [1.165, 1.54) is 42.3 Å². The summed E-state index contributed by atoms with van der Waals surface area (Å²) >= 11 is 12.6. The Morgan fingerprint density at radius 2 is 0.909 bits per heavy atom. The monoisotopic (exact) mass is 584 g/mol. The Kier molecular flexibility index (Phi) is 30.9. The molecule has 0 bridgehead atoms. The summed E-state index contributed by atoms with van der Waals surface area (Å²) in [6.45, 7) is 0. The normalized spacial score (nSPS) is 11.0. The van der Waals surface area contributed by atoms with Gasteiger partial charge in [0.25, 0.3) is 0 Å². The number of hydrogen-bond acceptors (Lipinski definition) is 4. The molecule has 0 atom stereocenters. The number of alkyl halides is 1. The summed E-state index contributed by atoms with van der Waals surface area (Å²) in [7, 11) is 0. The van der Waals surface area contributed by atoms with Crippen LogP contribution in [0.4, 0.5) is 0 Å². The molecule has 0 saturated carbocycles. The maximum atomic E-state index is 5.37. The minimum absolute atomic E-state index is 0.643. The van der Waals surface area contributed by atoms with Crippen LogP contribution in [0.2, 0.25) is 14.8 Å². The Hall–Kier alpha value is 2.34. The molecule has 22 heavy (non-hydrogen) atoms. The first kappa shape index (κ1) is 26.6. The zero-order valence-corrected chi connectivity index (χ0v) is 21.2. The zero-order valence-electron chi connectivity index (χ0n) is 14.8. The summed E-state index contributed by atoms with van der Waals surface area (Å²) in [5.74, 6) is 6.18. The summed E-state index contributed by atoms with van der Waals surface area (Å²) in [4.78, 5) is 4.89. The third kappa shape index (κ3) is 24.6. The van der Waals surface area contributed by atoms with E-state index in [-0.39, 0.29) is 0 Å². The van der Waals surface area contributed by atoms with Crippen LogP contribution in [0.5, 0.6) is 0 Å². The van der Waals surface area contributed by atoms with Crippen LogP contribution < -0.4 is 0 Å². The summed E-state index contributed by atoms with van der Waals surface area (Å²) in [6, 6.07) is 0. The molecule has 0 fully saturated rings. The predicted molar refractivity (Wildman–Crippen MR) is 117 cm³/mol. The van der Waals surface area contributed by atoms with Gasteiger partial charge in [-0.3, -0.25) is 0 Å². The van der Waals surface area contributed by atoms with Gasteiger partial charge < -0.3 is 0 Å². The fraction of sp³-hybridized carbons (Fsp3) is 1.00. The third-order valence-electron chi connectivity index (χ3n) is 2.59. The molecule has 0 saturated heterocycles. The van der Waals surface area contributed by atoms with Gasteiger partial charge in [-0.15, -0.1) is 11.6 Å². The van der Waals surface area contributed by atoms with Crippen LogP contribution in [-0.2, 0) is 16.5 Å². The molecule has 0 aliphatic heterocycles. The minimum atomic E-state index is -0.643. The van der Waals surface area contributed by atoms with E-state index in [0.29, 0.717) is 0 Å². The fourth-order valence-electron chi connectivity index (χ4n) is 1.53. The zero-order chi connectivity index (χ0) is 16.9. The molecule has 0 aliphatic carbocycles. The average molecular weight is 584 g/mol. The molecule has 0 heterocycles. The van der Waals surface area contributed by atoms with Crippen molar-refractivity contribution in [2.45, 2.75) is 40.5 Å². The van der Waals surface area contributed by atoms with Crippen LogP contribution in [-0.4, -0.2) is 53.9 Å². The van der Waals surface area contributed by atoms with Gasteiger partial charge in [0.05, 0.1) is 0 Å². The van der Waals surface area contributed by atoms with Crippen molar-refractivity contribution in [3.05, 3.63) is 0 Å². The van der Waals surface area contributed by atoms with Crippen LogP contribution in [0.1, 0.15) is 25.7 Å². The Bertz CT molecular complexity index is 160. The van der Waals surface area contributed by atoms with E-state index in [1.54, 1.807) is 14.8 Å². The van der Waals surface area contributed by atoms with E-state index in [1.807, 2.05) is 47.0 Å². The quantitative estimate of drug-likeness (QED) is 0.149. The van der Waals surface area contributed by atoms with Gasteiger partial charge in [-0.05, 0) is 18.4 Å². The summed E-state index contributed by atoms with van der Waals surface area (Å²) in [5.41, 5.74) is 0. The third-order valence-corrected chi connectivity index (χ3v) is 13.3. The fourth-order valence-corrected chi connectivity index (χ4v) is 11.9. The van der Waals surface area contributed by atoms with Gasteiger partial charge in [-0.1, -0.05) is 0 Å². The SMILES string of the molecule is CSCCCCl.CSCC[CH2][Ir]([CH2]CCSC)[CH2]CCSC. The Balaban J connectivity index is 0. The second-order valence-corrected chi connectivity index (χ2v) is 16.1. The Morgan fingerprint density at radius 3 is 1.14 bits per heavy atom. The van der Waals surface area contributed by atoms with Crippen LogP contribution >= 0.6 is 58.6 Å². The van der Waals surface area contributed by atoms with Gasteiger partial charge in [-0.2, -0.15) is 11.8 Å². The summed E-state index contributed by atoms with van der Waals surface area (Å²) in [6.07, 6.45) is 14.4. The van der Waals surface area contributed by atoms with Gasteiger partial charge in [0.1, 0.15) is 0 Å². The molecule has 140 valence electrons. The van der Waals surface area contributed by atoms with Crippen molar-refractivity contribution in [3.63, 3.8) is 0 Å². The van der Waals surface area contributed by atoms with Crippen molar-refractivity contribution < 1.29 is 16.5 Å². The molecule has 0 radical (unpaired) electrons. The van der Waals surface area contributed by atoms with Crippen molar-refractivity contribution in [3.8, 4) is 0 Å². The van der Waals surface area contributed by atoms with Crippen LogP contribution in [0.15, 0.2) is 0 Å². The first-order valence-electron chi connectivity index (χ1n) is 7.76. The molecule has 6 heteroatoms. The molecule has 0 amide bonds. The van der Waals surface area contributed by atoms with E-state index in [4.69, 9.17) is 11.6 Å². The topological polar surface area (TPSA) is 0 Å². The molecule has 0 unspecified atom stereocenters. The molecule has 0 N–H and O–H groups in total. The molecule has 0 aromatic carbocycles. The van der Waals surface area contributed by atoms with Gasteiger partial charge in [0, 0.05) is 5.88 Å². The van der Waals surface area contributed by atoms with Gasteiger partial charge in [0.15, 0.2) is 0 Å². The van der Waals surface area contributed by atoms with Crippen LogP contribution in [0.25, 0.3) is 0 Å². The number of halogens is 1. The first-order valence-corrected chi connectivity index (χ1v) is 19.0. The molecule has 0 rings (SSSR count). The second kappa shape index (κ2) is 25.6. The summed E-state index contributed by atoms with van der Waals surface area (Å²) in [5, 5.41) is 0. The molecular formula is C16H36ClIrS4. The Morgan fingerprint density at radius 1 is 0.591 bits per heavy atom. The molecular weight excluding hydrogens is 548 g/mol. The Labute approximate surface area is 168 Å². The molecule has 0 aromatic heterocycles. The van der Waals surface area contributed by atoms with E-state index in [0.717, 1.165) is 12.3 Å². The van der Waals surface area contributed by atoms with Crippen LogP contribution in [0.3, 0.4) is 0 Å². The maximum absolute atomic E-state index is 5.37. The van der Waals surface area contributed by atoms with Crippen molar-refractivity contribution in [1.82, 2.24) is 0 Å². The van der Waals surface area contributed by atoms with E-state index < -0.39 is 16.5 Å². The van der Waals surface area contributed by atoms with E-state index in [9.17, 15) is 0 Å². The molecule has 0 spiro atoms. The predicted octanol–water partition coefficient (Wildman–Crippen LogP) is 7.10. The van der Waals surface area contributed by atoms with Crippen molar-refractivity contribution in [2.75, 3.05) is 53.9 Å².